The maximum Gasteiger partial charge on any atom is 0.273 e. The Morgan fingerprint density at radius 1 is 1.33 bits per heavy atom. The minimum Gasteiger partial charge on any atom is -0.340 e. The summed E-state index contributed by atoms with van der Waals surface area (Å²) in [5, 5.41) is 6.21. The lowest BCUT2D eigenvalue weighted by molar-refractivity contribution is 0.101. The fourth-order valence-electron chi connectivity index (χ4n) is 2.71. The topological polar surface area (TPSA) is 59.0 Å². The van der Waals surface area contributed by atoms with Gasteiger partial charge in [-0.3, -0.25) is 4.79 Å². The number of carbonyl (C=O) groups is 1. The SMILES string of the molecule is Cc1ccc(NC(=O)c2cccn2C2CCNCC2)nc1. The Morgan fingerprint density at radius 3 is 2.86 bits per heavy atom. The van der Waals surface area contributed by atoms with Crippen LogP contribution in [0.4, 0.5) is 5.82 Å². The number of pyridine rings is 1. The van der Waals surface area contributed by atoms with Gasteiger partial charge in [0.25, 0.3) is 5.91 Å². The molecule has 0 radical (unpaired) electrons. The van der Waals surface area contributed by atoms with E-state index in [-0.39, 0.29) is 5.91 Å². The van der Waals surface area contributed by atoms with E-state index in [1.807, 2.05) is 37.4 Å². The fraction of sp³-hybridized carbons (Fsp3) is 0.375. The van der Waals surface area contributed by atoms with E-state index in [9.17, 15) is 4.79 Å². The van der Waals surface area contributed by atoms with Gasteiger partial charge in [-0.2, -0.15) is 0 Å². The first kappa shape index (κ1) is 13.8. The molecule has 110 valence electrons. The van der Waals surface area contributed by atoms with Gasteiger partial charge in [0.05, 0.1) is 0 Å². The molecule has 2 aromatic heterocycles. The van der Waals surface area contributed by atoms with Gasteiger partial charge < -0.3 is 15.2 Å². The molecule has 0 unspecified atom stereocenters. The molecule has 1 aliphatic rings. The maximum atomic E-state index is 12.4. The molecule has 3 heterocycles. The highest BCUT2D eigenvalue weighted by Crippen LogP contribution is 2.21. The minimum atomic E-state index is -0.102. The monoisotopic (exact) mass is 284 g/mol. The third kappa shape index (κ3) is 3.13. The summed E-state index contributed by atoms with van der Waals surface area (Å²) in [5.74, 6) is 0.485. The van der Waals surface area contributed by atoms with Crippen molar-refractivity contribution in [3.05, 3.63) is 47.9 Å². The van der Waals surface area contributed by atoms with Crippen molar-refractivity contribution in [3.63, 3.8) is 0 Å². The fourth-order valence-corrected chi connectivity index (χ4v) is 2.71. The number of amides is 1. The van der Waals surface area contributed by atoms with Crippen molar-refractivity contribution < 1.29 is 4.79 Å². The van der Waals surface area contributed by atoms with Crippen LogP contribution in [0.5, 0.6) is 0 Å². The van der Waals surface area contributed by atoms with E-state index in [4.69, 9.17) is 0 Å². The van der Waals surface area contributed by atoms with Crippen LogP contribution < -0.4 is 10.6 Å². The predicted octanol–water partition coefficient (Wildman–Crippen LogP) is 2.37. The van der Waals surface area contributed by atoms with Gasteiger partial charge in [-0.1, -0.05) is 6.07 Å². The summed E-state index contributed by atoms with van der Waals surface area (Å²) in [6, 6.07) is 7.96. The molecule has 0 spiro atoms. The number of aryl methyl sites for hydroxylation is 1. The Bertz CT molecular complexity index is 611. The Labute approximate surface area is 124 Å². The van der Waals surface area contributed by atoms with E-state index in [0.29, 0.717) is 17.6 Å². The molecule has 1 amide bonds. The number of aromatic nitrogens is 2. The average molecular weight is 284 g/mol. The maximum absolute atomic E-state index is 12.4. The average Bonchev–Trinajstić information content (AvgIpc) is 3.00. The van der Waals surface area contributed by atoms with Gasteiger partial charge in [0.15, 0.2) is 0 Å². The molecule has 1 aliphatic heterocycles. The van der Waals surface area contributed by atoms with Crippen LogP contribution in [-0.4, -0.2) is 28.5 Å². The van der Waals surface area contributed by atoms with Crippen LogP contribution in [0.15, 0.2) is 36.7 Å². The number of rotatable bonds is 3. The minimum absolute atomic E-state index is 0.102. The first-order valence-corrected chi connectivity index (χ1v) is 7.35. The highest BCUT2D eigenvalue weighted by atomic mass is 16.2. The highest BCUT2D eigenvalue weighted by Gasteiger charge is 2.20. The zero-order chi connectivity index (χ0) is 14.7. The Morgan fingerprint density at radius 2 is 2.14 bits per heavy atom. The van der Waals surface area contributed by atoms with Gasteiger partial charge in [0.2, 0.25) is 0 Å². The van der Waals surface area contributed by atoms with Gasteiger partial charge in [0.1, 0.15) is 11.5 Å². The highest BCUT2D eigenvalue weighted by molar-refractivity contribution is 6.02. The van der Waals surface area contributed by atoms with Crippen LogP contribution in [0.1, 0.15) is 34.9 Å². The van der Waals surface area contributed by atoms with Crippen LogP contribution >= 0.6 is 0 Å². The van der Waals surface area contributed by atoms with Crippen molar-refractivity contribution in [2.24, 2.45) is 0 Å². The molecule has 0 atom stereocenters. The van der Waals surface area contributed by atoms with E-state index < -0.39 is 0 Å². The third-order valence-corrected chi connectivity index (χ3v) is 3.87. The zero-order valence-corrected chi connectivity index (χ0v) is 12.2. The lowest BCUT2D eigenvalue weighted by Crippen LogP contribution is -2.31. The molecule has 5 heteroatoms. The summed E-state index contributed by atoms with van der Waals surface area (Å²) in [5.41, 5.74) is 1.77. The van der Waals surface area contributed by atoms with Crippen molar-refractivity contribution in [1.29, 1.82) is 0 Å². The summed E-state index contributed by atoms with van der Waals surface area (Å²) in [6.07, 6.45) is 5.85. The number of nitrogens with one attached hydrogen (secondary N) is 2. The number of nitrogens with zero attached hydrogens (tertiary/aromatic N) is 2. The normalized spacial score (nSPS) is 15.9. The Hall–Kier alpha value is -2.14. The predicted molar refractivity (Wildman–Crippen MR) is 82.5 cm³/mol. The summed E-state index contributed by atoms with van der Waals surface area (Å²) in [4.78, 5) is 16.7. The van der Waals surface area contributed by atoms with Crippen molar-refractivity contribution in [3.8, 4) is 0 Å². The van der Waals surface area contributed by atoms with Gasteiger partial charge >= 0.3 is 0 Å². The molecule has 2 N–H and O–H groups in total. The van der Waals surface area contributed by atoms with Crippen molar-refractivity contribution in [1.82, 2.24) is 14.9 Å². The Balaban J connectivity index is 1.75. The largest absolute Gasteiger partial charge is 0.340 e. The molecule has 1 saturated heterocycles. The van der Waals surface area contributed by atoms with Gasteiger partial charge in [-0.25, -0.2) is 4.98 Å². The van der Waals surface area contributed by atoms with E-state index in [2.05, 4.69) is 20.2 Å². The number of hydrogen-bond acceptors (Lipinski definition) is 3. The smallest absolute Gasteiger partial charge is 0.273 e. The number of anilines is 1. The summed E-state index contributed by atoms with van der Waals surface area (Å²) in [6.45, 7) is 3.98. The lowest BCUT2D eigenvalue weighted by atomic mass is 10.1. The van der Waals surface area contributed by atoms with Crippen LogP contribution in [0.25, 0.3) is 0 Å². The first-order valence-electron chi connectivity index (χ1n) is 7.35. The molecular weight excluding hydrogens is 264 g/mol. The standard InChI is InChI=1S/C16H20N4O/c1-12-4-5-15(18-11-12)19-16(21)14-3-2-10-20(14)13-6-8-17-9-7-13/h2-5,10-11,13,17H,6-9H2,1H3,(H,18,19,21). The van der Waals surface area contributed by atoms with Crippen molar-refractivity contribution >= 4 is 11.7 Å². The van der Waals surface area contributed by atoms with E-state index in [1.54, 1.807) is 6.20 Å². The lowest BCUT2D eigenvalue weighted by Gasteiger charge is -2.25. The van der Waals surface area contributed by atoms with Crippen molar-refractivity contribution in [2.75, 3.05) is 18.4 Å². The molecule has 0 bridgehead atoms. The molecule has 3 rings (SSSR count). The first-order chi connectivity index (χ1) is 10.2. The summed E-state index contributed by atoms with van der Waals surface area (Å²) >= 11 is 0. The summed E-state index contributed by atoms with van der Waals surface area (Å²) in [7, 11) is 0. The molecule has 5 nitrogen and oxygen atoms in total. The molecule has 0 aliphatic carbocycles. The van der Waals surface area contributed by atoms with Gasteiger partial charge in [0, 0.05) is 18.4 Å². The molecule has 0 aromatic carbocycles. The molecular formula is C16H20N4O. The number of carbonyl (C=O) groups excluding carboxylic acids is 1. The summed E-state index contributed by atoms with van der Waals surface area (Å²) < 4.78 is 2.09. The van der Waals surface area contributed by atoms with Crippen LogP contribution in [0.3, 0.4) is 0 Å². The second kappa shape index (κ2) is 6.10. The molecule has 2 aromatic rings. The third-order valence-electron chi connectivity index (χ3n) is 3.87. The Kier molecular flexibility index (Phi) is 4.01. The van der Waals surface area contributed by atoms with E-state index in [1.165, 1.54) is 0 Å². The number of piperidine rings is 1. The van der Waals surface area contributed by atoms with E-state index in [0.717, 1.165) is 31.5 Å². The van der Waals surface area contributed by atoms with Gasteiger partial charge in [-0.15, -0.1) is 0 Å². The van der Waals surface area contributed by atoms with Crippen LogP contribution in [-0.2, 0) is 0 Å². The second-order valence-corrected chi connectivity index (χ2v) is 5.46. The number of hydrogen-bond donors (Lipinski definition) is 2. The van der Waals surface area contributed by atoms with Crippen LogP contribution in [0, 0.1) is 6.92 Å². The molecule has 21 heavy (non-hydrogen) atoms. The van der Waals surface area contributed by atoms with Gasteiger partial charge in [-0.05, 0) is 56.6 Å². The molecule has 1 fully saturated rings. The zero-order valence-electron chi connectivity index (χ0n) is 12.2. The van der Waals surface area contributed by atoms with E-state index >= 15 is 0 Å². The molecule has 0 saturated carbocycles. The van der Waals surface area contributed by atoms with Crippen LogP contribution in [0.2, 0.25) is 0 Å². The quantitative estimate of drug-likeness (QED) is 0.909. The van der Waals surface area contributed by atoms with Crippen molar-refractivity contribution in [2.45, 2.75) is 25.8 Å². The second-order valence-electron chi connectivity index (χ2n) is 5.46.